The topological polar surface area (TPSA) is 66.9 Å². The van der Waals surface area contributed by atoms with Crippen LogP contribution in [0.4, 0.5) is 24.7 Å². The van der Waals surface area contributed by atoms with Crippen molar-refractivity contribution in [2.75, 3.05) is 10.6 Å². The molecule has 0 atom stereocenters. The fourth-order valence-corrected chi connectivity index (χ4v) is 2.15. The van der Waals surface area contributed by atoms with Crippen molar-refractivity contribution in [1.29, 1.82) is 0 Å². The van der Waals surface area contributed by atoms with Gasteiger partial charge in [0.15, 0.2) is 0 Å². The Kier molecular flexibility index (Phi) is 5.12. The van der Waals surface area contributed by atoms with E-state index >= 15 is 0 Å². The van der Waals surface area contributed by atoms with Crippen LogP contribution in [-0.4, -0.2) is 15.9 Å². The first-order valence-corrected chi connectivity index (χ1v) is 7.58. The lowest BCUT2D eigenvalue weighted by Gasteiger charge is -2.08. The van der Waals surface area contributed by atoms with E-state index in [-0.39, 0.29) is 17.2 Å². The second-order valence-electron chi connectivity index (χ2n) is 5.35. The summed E-state index contributed by atoms with van der Waals surface area (Å²) in [4.78, 5) is 20.0. The van der Waals surface area contributed by atoms with Crippen molar-refractivity contribution < 1.29 is 18.0 Å². The van der Waals surface area contributed by atoms with Gasteiger partial charge in [0.2, 0.25) is 0 Å². The van der Waals surface area contributed by atoms with Crippen LogP contribution in [0, 0.1) is 17.5 Å². The van der Waals surface area contributed by atoms with Gasteiger partial charge in [-0.3, -0.25) is 4.79 Å². The molecule has 26 heavy (non-hydrogen) atoms. The first-order chi connectivity index (χ1) is 12.5. The van der Waals surface area contributed by atoms with E-state index in [1.54, 1.807) is 12.1 Å². The number of carbonyl (C=O) groups is 1. The Morgan fingerprint density at radius 3 is 2.38 bits per heavy atom. The molecule has 5 nitrogen and oxygen atoms in total. The lowest BCUT2D eigenvalue weighted by atomic mass is 10.2. The number of carbonyl (C=O) groups excluding carboxylic acids is 1. The van der Waals surface area contributed by atoms with Gasteiger partial charge in [0.1, 0.15) is 35.3 Å². The van der Waals surface area contributed by atoms with Gasteiger partial charge in [0.05, 0.1) is 5.69 Å². The highest BCUT2D eigenvalue weighted by atomic mass is 19.1. The molecule has 8 heteroatoms. The van der Waals surface area contributed by atoms with Crippen LogP contribution in [0.2, 0.25) is 0 Å². The predicted octanol–water partition coefficient (Wildman–Crippen LogP) is 3.76. The minimum absolute atomic E-state index is 0.00494. The van der Waals surface area contributed by atoms with Gasteiger partial charge >= 0.3 is 0 Å². The van der Waals surface area contributed by atoms with Crippen LogP contribution in [0.1, 0.15) is 16.1 Å². The van der Waals surface area contributed by atoms with Gasteiger partial charge in [0, 0.05) is 18.7 Å². The highest BCUT2D eigenvalue weighted by Crippen LogP contribution is 2.16. The van der Waals surface area contributed by atoms with Gasteiger partial charge in [-0.2, -0.15) is 0 Å². The maximum absolute atomic E-state index is 13.6. The molecule has 3 aromatic rings. The van der Waals surface area contributed by atoms with Crippen molar-refractivity contribution in [3.05, 3.63) is 83.6 Å². The molecule has 0 bridgehead atoms. The third-order valence-electron chi connectivity index (χ3n) is 3.47. The average molecular weight is 358 g/mol. The summed E-state index contributed by atoms with van der Waals surface area (Å²) < 4.78 is 39.4. The molecule has 0 aliphatic rings. The third kappa shape index (κ3) is 4.35. The Morgan fingerprint density at radius 2 is 1.65 bits per heavy atom. The molecule has 0 radical (unpaired) electrons. The van der Waals surface area contributed by atoms with Crippen LogP contribution < -0.4 is 10.6 Å². The number of hydrogen-bond donors (Lipinski definition) is 2. The molecule has 0 saturated carbocycles. The molecule has 132 valence electrons. The first kappa shape index (κ1) is 17.4. The molecule has 0 spiro atoms. The van der Waals surface area contributed by atoms with E-state index in [0.29, 0.717) is 18.4 Å². The standard InChI is InChI=1S/C18H13F3N4O/c19-12-3-1-11(2-4-12)9-22-17-8-16(23-10-24-17)18(26)25-15-6-5-13(20)7-14(15)21/h1-8,10H,9H2,(H,25,26)(H,22,23,24). The van der Waals surface area contributed by atoms with Crippen molar-refractivity contribution in [1.82, 2.24) is 9.97 Å². The maximum atomic E-state index is 13.6. The minimum Gasteiger partial charge on any atom is -0.366 e. The monoisotopic (exact) mass is 358 g/mol. The highest BCUT2D eigenvalue weighted by Gasteiger charge is 2.12. The zero-order chi connectivity index (χ0) is 18.5. The Labute approximate surface area is 146 Å². The molecule has 0 aliphatic carbocycles. The summed E-state index contributed by atoms with van der Waals surface area (Å²) in [5.74, 6) is -2.25. The molecule has 2 N–H and O–H groups in total. The van der Waals surface area contributed by atoms with Crippen molar-refractivity contribution in [2.24, 2.45) is 0 Å². The number of nitrogens with zero attached hydrogens (tertiary/aromatic N) is 2. The van der Waals surface area contributed by atoms with E-state index in [1.807, 2.05) is 0 Å². The van der Waals surface area contributed by atoms with Crippen molar-refractivity contribution in [2.45, 2.75) is 6.54 Å². The van der Waals surface area contributed by atoms with E-state index in [2.05, 4.69) is 20.6 Å². The summed E-state index contributed by atoms with van der Waals surface area (Å²) in [7, 11) is 0. The van der Waals surface area contributed by atoms with Crippen molar-refractivity contribution in [3.8, 4) is 0 Å². The number of nitrogens with one attached hydrogen (secondary N) is 2. The van der Waals surface area contributed by atoms with Gasteiger partial charge in [-0.1, -0.05) is 12.1 Å². The van der Waals surface area contributed by atoms with Gasteiger partial charge < -0.3 is 10.6 Å². The number of halogens is 3. The van der Waals surface area contributed by atoms with Gasteiger partial charge in [-0.25, -0.2) is 23.1 Å². The first-order valence-electron chi connectivity index (χ1n) is 7.58. The van der Waals surface area contributed by atoms with Crippen LogP contribution in [0.15, 0.2) is 54.9 Å². The smallest absolute Gasteiger partial charge is 0.274 e. The van der Waals surface area contributed by atoms with Crippen LogP contribution >= 0.6 is 0 Å². The molecule has 0 saturated heterocycles. The number of hydrogen-bond acceptors (Lipinski definition) is 4. The number of aromatic nitrogens is 2. The van der Waals surface area contributed by atoms with E-state index in [9.17, 15) is 18.0 Å². The lowest BCUT2D eigenvalue weighted by Crippen LogP contribution is -2.15. The summed E-state index contributed by atoms with van der Waals surface area (Å²) in [6.07, 6.45) is 1.18. The number of benzene rings is 2. The second kappa shape index (κ2) is 7.64. The van der Waals surface area contributed by atoms with Crippen LogP contribution in [0.3, 0.4) is 0 Å². The molecule has 2 aromatic carbocycles. The van der Waals surface area contributed by atoms with E-state index < -0.39 is 17.5 Å². The van der Waals surface area contributed by atoms with Crippen molar-refractivity contribution >= 4 is 17.4 Å². The van der Waals surface area contributed by atoms with Gasteiger partial charge in [-0.15, -0.1) is 0 Å². The van der Waals surface area contributed by atoms with E-state index in [4.69, 9.17) is 0 Å². The highest BCUT2D eigenvalue weighted by molar-refractivity contribution is 6.03. The Balaban J connectivity index is 1.67. The largest absolute Gasteiger partial charge is 0.366 e. The number of amides is 1. The summed E-state index contributed by atoms with van der Waals surface area (Å²) in [6, 6.07) is 10.1. The zero-order valence-corrected chi connectivity index (χ0v) is 13.3. The van der Waals surface area contributed by atoms with Crippen LogP contribution in [0.25, 0.3) is 0 Å². The summed E-state index contributed by atoms with van der Waals surface area (Å²) >= 11 is 0. The van der Waals surface area contributed by atoms with Crippen LogP contribution in [-0.2, 0) is 6.54 Å². The summed E-state index contributed by atoms with van der Waals surface area (Å²) in [5, 5.41) is 5.30. The Hall–Kier alpha value is -3.42. The molecule has 0 unspecified atom stereocenters. The molecular formula is C18H13F3N4O. The second-order valence-corrected chi connectivity index (χ2v) is 5.35. The van der Waals surface area contributed by atoms with Crippen molar-refractivity contribution in [3.63, 3.8) is 0 Å². The molecule has 1 amide bonds. The summed E-state index contributed by atoms with van der Waals surface area (Å²) in [5.41, 5.74) is 0.672. The molecule has 0 aliphatic heterocycles. The molecular weight excluding hydrogens is 345 g/mol. The molecule has 1 heterocycles. The summed E-state index contributed by atoms with van der Waals surface area (Å²) in [6.45, 7) is 0.366. The normalized spacial score (nSPS) is 10.4. The predicted molar refractivity (Wildman–Crippen MR) is 90.1 cm³/mol. The quantitative estimate of drug-likeness (QED) is 0.729. The lowest BCUT2D eigenvalue weighted by molar-refractivity contribution is 0.102. The minimum atomic E-state index is -0.887. The molecule has 1 aromatic heterocycles. The zero-order valence-electron chi connectivity index (χ0n) is 13.3. The maximum Gasteiger partial charge on any atom is 0.274 e. The molecule has 3 rings (SSSR count). The number of rotatable bonds is 5. The third-order valence-corrected chi connectivity index (χ3v) is 3.47. The molecule has 0 fully saturated rings. The SMILES string of the molecule is O=C(Nc1ccc(F)cc1F)c1cc(NCc2ccc(F)cc2)ncn1. The fraction of sp³-hybridized carbons (Fsp3) is 0.0556. The van der Waals surface area contributed by atoms with E-state index in [1.165, 1.54) is 24.5 Å². The number of anilines is 2. The van der Waals surface area contributed by atoms with E-state index in [0.717, 1.165) is 17.7 Å². The van der Waals surface area contributed by atoms with Gasteiger partial charge in [-0.05, 0) is 29.8 Å². The van der Waals surface area contributed by atoms with Crippen LogP contribution in [0.5, 0.6) is 0 Å². The average Bonchev–Trinajstić information content (AvgIpc) is 2.64. The fourth-order valence-electron chi connectivity index (χ4n) is 2.15. The Bertz CT molecular complexity index is 932. The van der Waals surface area contributed by atoms with Gasteiger partial charge in [0.25, 0.3) is 5.91 Å². The Morgan fingerprint density at radius 1 is 0.923 bits per heavy atom.